The first-order chi connectivity index (χ1) is 8.19. The quantitative estimate of drug-likeness (QED) is 0.768. The van der Waals surface area contributed by atoms with E-state index < -0.39 is 0 Å². The van der Waals surface area contributed by atoms with Crippen LogP contribution in [0.5, 0.6) is 11.5 Å². The topological polar surface area (TPSA) is 33.0 Å². The predicted octanol–water partition coefficient (Wildman–Crippen LogP) is 4.26. The molecular formula is C14H10INO. The molecule has 0 aliphatic carbocycles. The molecule has 2 nitrogen and oxygen atoms in total. The first-order valence-corrected chi connectivity index (χ1v) is 6.21. The lowest BCUT2D eigenvalue weighted by Crippen LogP contribution is -1.87. The van der Waals surface area contributed by atoms with E-state index in [2.05, 4.69) is 28.7 Å². The first-order valence-electron chi connectivity index (χ1n) is 5.13. The van der Waals surface area contributed by atoms with Crippen LogP contribution in [0, 0.1) is 21.8 Å². The zero-order chi connectivity index (χ0) is 12.3. The predicted molar refractivity (Wildman–Crippen MR) is 75.1 cm³/mol. The van der Waals surface area contributed by atoms with E-state index in [-0.39, 0.29) is 0 Å². The summed E-state index contributed by atoms with van der Waals surface area (Å²) in [5.74, 6) is 1.55. The van der Waals surface area contributed by atoms with Crippen molar-refractivity contribution in [2.45, 2.75) is 6.92 Å². The van der Waals surface area contributed by atoms with Crippen molar-refractivity contribution in [1.29, 1.82) is 5.26 Å². The summed E-state index contributed by atoms with van der Waals surface area (Å²) >= 11 is 2.29. The SMILES string of the molecule is Cc1cc(Oc2ccc(C#N)cc2)ccc1I. The van der Waals surface area contributed by atoms with Crippen molar-refractivity contribution in [3.8, 4) is 17.6 Å². The number of nitriles is 1. The van der Waals surface area contributed by atoms with Gasteiger partial charge >= 0.3 is 0 Å². The molecular weight excluding hydrogens is 325 g/mol. The molecule has 0 spiro atoms. The highest BCUT2D eigenvalue weighted by Gasteiger charge is 2.00. The maximum atomic E-state index is 8.69. The van der Waals surface area contributed by atoms with Gasteiger partial charge in [-0.2, -0.15) is 5.26 Å². The third kappa shape index (κ3) is 2.98. The Hall–Kier alpha value is -1.54. The Balaban J connectivity index is 2.20. The lowest BCUT2D eigenvalue weighted by Gasteiger charge is -2.07. The van der Waals surface area contributed by atoms with Gasteiger partial charge < -0.3 is 4.74 Å². The third-order valence-electron chi connectivity index (χ3n) is 2.35. The highest BCUT2D eigenvalue weighted by atomic mass is 127. The van der Waals surface area contributed by atoms with Gasteiger partial charge in [-0.1, -0.05) is 0 Å². The molecule has 2 aromatic rings. The number of ether oxygens (including phenoxy) is 1. The molecule has 0 bridgehead atoms. The summed E-state index contributed by atoms with van der Waals surface area (Å²) in [5.41, 5.74) is 1.83. The fourth-order valence-electron chi connectivity index (χ4n) is 1.41. The van der Waals surface area contributed by atoms with Gasteiger partial charge in [-0.3, -0.25) is 0 Å². The summed E-state index contributed by atoms with van der Waals surface area (Å²) in [7, 11) is 0. The van der Waals surface area contributed by atoms with E-state index in [9.17, 15) is 0 Å². The number of aryl methyl sites for hydroxylation is 1. The summed E-state index contributed by atoms with van der Waals surface area (Å²) in [5, 5.41) is 8.69. The Labute approximate surface area is 114 Å². The van der Waals surface area contributed by atoms with Crippen LogP contribution in [-0.4, -0.2) is 0 Å². The molecule has 0 aromatic heterocycles. The molecule has 0 fully saturated rings. The Kier molecular flexibility index (Phi) is 3.64. The van der Waals surface area contributed by atoms with Crippen LogP contribution in [0.2, 0.25) is 0 Å². The maximum absolute atomic E-state index is 8.69. The van der Waals surface area contributed by atoms with Crippen LogP contribution in [0.4, 0.5) is 0 Å². The van der Waals surface area contributed by atoms with E-state index in [0.717, 1.165) is 11.5 Å². The van der Waals surface area contributed by atoms with Gasteiger partial charge in [0.1, 0.15) is 11.5 Å². The van der Waals surface area contributed by atoms with E-state index >= 15 is 0 Å². The van der Waals surface area contributed by atoms with Gasteiger partial charge in [0.15, 0.2) is 0 Å². The summed E-state index contributed by atoms with van der Waals surface area (Å²) < 4.78 is 6.92. The zero-order valence-corrected chi connectivity index (χ0v) is 11.4. The van der Waals surface area contributed by atoms with Crippen LogP contribution in [0.1, 0.15) is 11.1 Å². The van der Waals surface area contributed by atoms with Crippen LogP contribution in [0.3, 0.4) is 0 Å². The Bertz CT molecular complexity index is 570. The summed E-state index contributed by atoms with van der Waals surface area (Å²) in [4.78, 5) is 0. The van der Waals surface area contributed by atoms with E-state index in [1.165, 1.54) is 9.13 Å². The number of hydrogen-bond acceptors (Lipinski definition) is 2. The van der Waals surface area contributed by atoms with Crippen molar-refractivity contribution in [3.63, 3.8) is 0 Å². The standard InChI is InChI=1S/C14H10INO/c1-10-8-13(6-7-14(10)15)17-12-4-2-11(9-16)3-5-12/h2-8H,1H3. The molecule has 0 aliphatic heterocycles. The molecule has 2 rings (SSSR count). The van der Waals surface area contributed by atoms with Crippen molar-refractivity contribution in [3.05, 3.63) is 57.2 Å². The van der Waals surface area contributed by atoms with Gasteiger partial charge in [-0.15, -0.1) is 0 Å². The molecule has 0 saturated heterocycles. The van der Waals surface area contributed by atoms with Crippen molar-refractivity contribution in [1.82, 2.24) is 0 Å². The van der Waals surface area contributed by atoms with Gasteiger partial charge in [0.25, 0.3) is 0 Å². The molecule has 0 amide bonds. The minimum absolute atomic E-state index is 0.635. The van der Waals surface area contributed by atoms with Crippen LogP contribution >= 0.6 is 22.6 Å². The smallest absolute Gasteiger partial charge is 0.127 e. The average molecular weight is 335 g/mol. The highest BCUT2D eigenvalue weighted by molar-refractivity contribution is 14.1. The van der Waals surface area contributed by atoms with E-state index in [1.807, 2.05) is 25.1 Å². The molecule has 0 unspecified atom stereocenters. The summed E-state index contributed by atoms with van der Waals surface area (Å²) in [6.07, 6.45) is 0. The summed E-state index contributed by atoms with van der Waals surface area (Å²) in [6.45, 7) is 2.05. The maximum Gasteiger partial charge on any atom is 0.127 e. The van der Waals surface area contributed by atoms with Crippen molar-refractivity contribution < 1.29 is 4.74 Å². The molecule has 84 valence electrons. The number of nitrogens with zero attached hydrogens (tertiary/aromatic N) is 1. The Morgan fingerprint density at radius 2 is 1.71 bits per heavy atom. The molecule has 17 heavy (non-hydrogen) atoms. The van der Waals surface area contributed by atoms with Gasteiger partial charge in [0.2, 0.25) is 0 Å². The minimum atomic E-state index is 0.635. The lowest BCUT2D eigenvalue weighted by atomic mass is 10.2. The fraction of sp³-hybridized carbons (Fsp3) is 0.0714. The average Bonchev–Trinajstić information content (AvgIpc) is 2.35. The van der Waals surface area contributed by atoms with Crippen molar-refractivity contribution >= 4 is 22.6 Å². The molecule has 3 heteroatoms. The first kappa shape index (κ1) is 11.9. The lowest BCUT2D eigenvalue weighted by molar-refractivity contribution is 0.482. The largest absolute Gasteiger partial charge is 0.457 e. The van der Waals surface area contributed by atoms with Crippen molar-refractivity contribution in [2.75, 3.05) is 0 Å². The second-order valence-electron chi connectivity index (χ2n) is 3.65. The van der Waals surface area contributed by atoms with Crippen LogP contribution in [0.25, 0.3) is 0 Å². The molecule has 2 aromatic carbocycles. The molecule has 0 N–H and O–H groups in total. The minimum Gasteiger partial charge on any atom is -0.457 e. The van der Waals surface area contributed by atoms with Gasteiger partial charge in [0.05, 0.1) is 11.6 Å². The zero-order valence-electron chi connectivity index (χ0n) is 9.27. The van der Waals surface area contributed by atoms with Crippen LogP contribution in [0.15, 0.2) is 42.5 Å². The van der Waals surface area contributed by atoms with E-state index in [1.54, 1.807) is 24.3 Å². The second kappa shape index (κ2) is 5.19. The number of halogens is 1. The fourth-order valence-corrected chi connectivity index (χ4v) is 1.75. The number of rotatable bonds is 2. The highest BCUT2D eigenvalue weighted by Crippen LogP contribution is 2.24. The molecule has 0 aliphatic rings. The molecule has 0 radical (unpaired) electrons. The molecule has 0 saturated carbocycles. The van der Waals surface area contributed by atoms with Gasteiger partial charge in [0, 0.05) is 3.57 Å². The third-order valence-corrected chi connectivity index (χ3v) is 3.56. The van der Waals surface area contributed by atoms with Crippen LogP contribution in [-0.2, 0) is 0 Å². The number of hydrogen-bond donors (Lipinski definition) is 0. The van der Waals surface area contributed by atoms with Gasteiger partial charge in [-0.25, -0.2) is 0 Å². The monoisotopic (exact) mass is 335 g/mol. The Morgan fingerprint density at radius 3 is 2.29 bits per heavy atom. The molecule has 0 atom stereocenters. The second-order valence-corrected chi connectivity index (χ2v) is 4.81. The van der Waals surface area contributed by atoms with Crippen LogP contribution < -0.4 is 4.74 Å². The van der Waals surface area contributed by atoms with E-state index in [0.29, 0.717) is 5.56 Å². The normalized spacial score (nSPS) is 9.71. The van der Waals surface area contributed by atoms with E-state index in [4.69, 9.17) is 10.00 Å². The summed E-state index contributed by atoms with van der Waals surface area (Å²) in [6, 6.07) is 15.1. The Morgan fingerprint density at radius 1 is 1.06 bits per heavy atom. The van der Waals surface area contributed by atoms with Gasteiger partial charge in [-0.05, 0) is 77.5 Å². The van der Waals surface area contributed by atoms with Crippen molar-refractivity contribution in [2.24, 2.45) is 0 Å². The number of benzene rings is 2. The molecule has 0 heterocycles.